The molecule has 4 nitrogen and oxygen atoms in total. The van der Waals surface area contributed by atoms with Gasteiger partial charge in [0.05, 0.1) is 13.0 Å². The molecule has 0 amide bonds. The molecule has 0 atom stereocenters. The van der Waals surface area contributed by atoms with Crippen LogP contribution in [-0.2, 0) is 13.0 Å². The lowest BCUT2D eigenvalue weighted by molar-refractivity contribution is 0.464. The summed E-state index contributed by atoms with van der Waals surface area (Å²) in [5, 5.41) is 11.5. The van der Waals surface area contributed by atoms with Gasteiger partial charge in [-0.3, -0.25) is 0 Å². The Balaban J connectivity index is 1.62. The highest BCUT2D eigenvalue weighted by molar-refractivity contribution is 9.10. The highest BCUT2D eigenvalue weighted by atomic mass is 79.9. The number of aryl methyl sites for hydroxylation is 1. The molecule has 0 bridgehead atoms. The molecule has 0 spiro atoms. The number of hydrogen-bond acceptors (Lipinski definition) is 4. The summed E-state index contributed by atoms with van der Waals surface area (Å²) in [5.74, 6) is 1.21. The molecule has 112 valence electrons. The molecule has 0 saturated carbocycles. The summed E-state index contributed by atoms with van der Waals surface area (Å²) in [6, 6.07) is 16.2. The molecule has 0 radical (unpaired) electrons. The van der Waals surface area contributed by atoms with Crippen LogP contribution in [0.1, 0.15) is 22.9 Å². The number of benzene rings is 2. The van der Waals surface area contributed by atoms with Crippen molar-refractivity contribution < 1.29 is 4.42 Å². The van der Waals surface area contributed by atoms with E-state index in [2.05, 4.69) is 50.5 Å². The highest BCUT2D eigenvalue weighted by Gasteiger charge is 2.07. The second-order valence-corrected chi connectivity index (χ2v) is 5.94. The van der Waals surface area contributed by atoms with Crippen LogP contribution < -0.4 is 5.32 Å². The number of anilines is 1. The van der Waals surface area contributed by atoms with Crippen LogP contribution >= 0.6 is 15.9 Å². The molecule has 1 heterocycles. The summed E-state index contributed by atoms with van der Waals surface area (Å²) in [7, 11) is 0. The molecule has 1 aromatic heterocycles. The van der Waals surface area contributed by atoms with E-state index < -0.39 is 0 Å². The Bertz CT molecular complexity index is 756. The smallest absolute Gasteiger partial charge is 0.235 e. The average molecular weight is 358 g/mol. The van der Waals surface area contributed by atoms with Crippen LogP contribution in [-0.4, -0.2) is 10.2 Å². The lowest BCUT2D eigenvalue weighted by Gasteiger charge is -2.06. The van der Waals surface area contributed by atoms with Crippen molar-refractivity contribution in [3.8, 4) is 0 Å². The fraction of sp³-hybridized carbons (Fsp3) is 0.176. The molecule has 0 fully saturated rings. The van der Waals surface area contributed by atoms with Crippen LogP contribution in [0, 0.1) is 6.92 Å². The van der Waals surface area contributed by atoms with Gasteiger partial charge in [-0.25, -0.2) is 0 Å². The van der Waals surface area contributed by atoms with Gasteiger partial charge in [0.2, 0.25) is 11.8 Å². The lowest BCUT2D eigenvalue weighted by Crippen LogP contribution is -2.00. The second-order valence-electron chi connectivity index (χ2n) is 5.09. The van der Waals surface area contributed by atoms with Crippen molar-refractivity contribution in [3.05, 3.63) is 75.9 Å². The molecule has 3 aromatic rings. The second kappa shape index (κ2) is 6.75. The maximum absolute atomic E-state index is 5.67. The number of aromatic nitrogens is 2. The van der Waals surface area contributed by atoms with Crippen molar-refractivity contribution in [1.82, 2.24) is 10.2 Å². The molecule has 1 N–H and O–H groups in total. The first kappa shape index (κ1) is 14.8. The normalized spacial score (nSPS) is 10.6. The number of rotatable bonds is 5. The van der Waals surface area contributed by atoms with Gasteiger partial charge in [0.25, 0.3) is 0 Å². The van der Waals surface area contributed by atoms with Gasteiger partial charge in [0, 0.05) is 10.2 Å². The molecule has 22 heavy (non-hydrogen) atoms. The first-order chi connectivity index (χ1) is 10.7. The minimum atomic E-state index is 0.503. The Hall–Kier alpha value is -2.14. The van der Waals surface area contributed by atoms with Gasteiger partial charge in [0.15, 0.2) is 0 Å². The van der Waals surface area contributed by atoms with Crippen LogP contribution in [0.5, 0.6) is 0 Å². The van der Waals surface area contributed by atoms with E-state index in [-0.39, 0.29) is 0 Å². The predicted molar refractivity (Wildman–Crippen MR) is 89.8 cm³/mol. The zero-order valence-electron chi connectivity index (χ0n) is 12.2. The minimum absolute atomic E-state index is 0.503. The predicted octanol–water partition coefficient (Wildman–Crippen LogP) is 4.34. The summed E-state index contributed by atoms with van der Waals surface area (Å²) in [6.45, 7) is 2.56. The van der Waals surface area contributed by atoms with Crippen LogP contribution in [0.3, 0.4) is 0 Å². The summed E-state index contributed by atoms with van der Waals surface area (Å²) in [4.78, 5) is 0. The lowest BCUT2D eigenvalue weighted by atomic mass is 10.2. The van der Waals surface area contributed by atoms with Crippen molar-refractivity contribution in [2.24, 2.45) is 0 Å². The van der Waals surface area contributed by atoms with Crippen LogP contribution in [0.2, 0.25) is 0 Å². The molecule has 2 aromatic carbocycles. The molecule has 0 unspecified atom stereocenters. The van der Waals surface area contributed by atoms with Gasteiger partial charge in [-0.2, -0.15) is 0 Å². The summed E-state index contributed by atoms with van der Waals surface area (Å²) in [6.07, 6.45) is 0.655. The zero-order valence-corrected chi connectivity index (χ0v) is 13.8. The van der Waals surface area contributed by atoms with Gasteiger partial charge < -0.3 is 9.73 Å². The molecule has 0 aliphatic heterocycles. The topological polar surface area (TPSA) is 51.0 Å². The van der Waals surface area contributed by atoms with Crippen molar-refractivity contribution in [1.29, 1.82) is 0 Å². The Morgan fingerprint density at radius 3 is 2.59 bits per heavy atom. The molecule has 0 aliphatic carbocycles. The van der Waals surface area contributed by atoms with E-state index in [4.69, 9.17) is 4.42 Å². The van der Waals surface area contributed by atoms with Crippen molar-refractivity contribution in [2.75, 3.05) is 5.32 Å². The van der Waals surface area contributed by atoms with Gasteiger partial charge in [-0.05, 0) is 46.1 Å². The molecule has 0 saturated heterocycles. The van der Waals surface area contributed by atoms with Crippen LogP contribution in [0.25, 0.3) is 0 Å². The molecule has 5 heteroatoms. The SMILES string of the molecule is Cc1ccc(NCc2nnc(Cc3ccccc3)o2)c(Br)c1. The van der Waals surface area contributed by atoms with E-state index in [1.54, 1.807) is 0 Å². The third kappa shape index (κ3) is 3.74. The largest absolute Gasteiger partial charge is 0.423 e. The first-order valence-electron chi connectivity index (χ1n) is 7.06. The van der Waals surface area contributed by atoms with E-state index in [9.17, 15) is 0 Å². The number of halogens is 1. The molecule has 0 aliphatic rings. The van der Waals surface area contributed by atoms with E-state index in [0.717, 1.165) is 15.7 Å². The van der Waals surface area contributed by atoms with E-state index in [0.29, 0.717) is 24.7 Å². The Morgan fingerprint density at radius 1 is 1.05 bits per heavy atom. The van der Waals surface area contributed by atoms with Gasteiger partial charge >= 0.3 is 0 Å². The number of nitrogens with one attached hydrogen (secondary N) is 1. The van der Waals surface area contributed by atoms with Crippen molar-refractivity contribution in [3.63, 3.8) is 0 Å². The van der Waals surface area contributed by atoms with E-state index in [1.807, 2.05) is 36.4 Å². The van der Waals surface area contributed by atoms with Gasteiger partial charge in [0.1, 0.15) is 0 Å². The third-order valence-electron chi connectivity index (χ3n) is 3.26. The first-order valence-corrected chi connectivity index (χ1v) is 7.85. The fourth-order valence-electron chi connectivity index (χ4n) is 2.14. The quantitative estimate of drug-likeness (QED) is 0.737. The van der Waals surface area contributed by atoms with Crippen molar-refractivity contribution >= 4 is 21.6 Å². The maximum Gasteiger partial charge on any atom is 0.235 e. The molecular weight excluding hydrogens is 342 g/mol. The van der Waals surface area contributed by atoms with Crippen LogP contribution in [0.15, 0.2) is 57.4 Å². The van der Waals surface area contributed by atoms with Crippen molar-refractivity contribution in [2.45, 2.75) is 19.9 Å². The van der Waals surface area contributed by atoms with Crippen LogP contribution in [0.4, 0.5) is 5.69 Å². The van der Waals surface area contributed by atoms with Gasteiger partial charge in [-0.1, -0.05) is 36.4 Å². The average Bonchev–Trinajstić information content (AvgIpc) is 2.95. The van der Waals surface area contributed by atoms with E-state index in [1.165, 1.54) is 5.56 Å². The van der Waals surface area contributed by atoms with Gasteiger partial charge in [-0.15, -0.1) is 10.2 Å². The molecular formula is C17H16BrN3O. The molecule has 3 rings (SSSR count). The zero-order chi connectivity index (χ0) is 15.4. The summed E-state index contributed by atoms with van der Waals surface area (Å²) < 4.78 is 6.70. The summed E-state index contributed by atoms with van der Waals surface area (Å²) in [5.41, 5.74) is 3.38. The standard InChI is InChI=1S/C17H16BrN3O/c1-12-7-8-15(14(18)9-12)19-11-17-21-20-16(22-17)10-13-5-3-2-4-6-13/h2-9,19H,10-11H2,1H3. The maximum atomic E-state index is 5.67. The third-order valence-corrected chi connectivity index (χ3v) is 3.92. The minimum Gasteiger partial charge on any atom is -0.423 e. The monoisotopic (exact) mass is 357 g/mol. The number of hydrogen-bond donors (Lipinski definition) is 1. The summed E-state index contributed by atoms with van der Waals surface area (Å²) >= 11 is 3.54. The Morgan fingerprint density at radius 2 is 1.82 bits per heavy atom. The number of nitrogens with zero attached hydrogens (tertiary/aromatic N) is 2. The fourth-order valence-corrected chi connectivity index (χ4v) is 2.77. The Kier molecular flexibility index (Phi) is 4.53. The highest BCUT2D eigenvalue weighted by Crippen LogP contribution is 2.23. The van der Waals surface area contributed by atoms with E-state index >= 15 is 0 Å². The Labute approximate surface area is 137 Å².